The van der Waals surface area contributed by atoms with Crippen LogP contribution in [-0.4, -0.2) is 63.6 Å². The fraction of sp³-hybridized carbons (Fsp3) is 0.350. The molecule has 2 heterocycles. The predicted molar refractivity (Wildman–Crippen MR) is 115 cm³/mol. The number of hydrogen-bond donors (Lipinski definition) is 0. The number of nitrogens with zero attached hydrogens (tertiary/aromatic N) is 2. The molecule has 2 amide bonds. The van der Waals surface area contributed by atoms with Crippen molar-refractivity contribution in [1.29, 1.82) is 0 Å². The Labute approximate surface area is 189 Å². The lowest BCUT2D eigenvalue weighted by atomic mass is 10.2. The number of rotatable bonds is 9. The van der Waals surface area contributed by atoms with Crippen LogP contribution in [0.3, 0.4) is 0 Å². The fourth-order valence-electron chi connectivity index (χ4n) is 3.25. The number of esters is 1. The van der Waals surface area contributed by atoms with Gasteiger partial charge in [0.2, 0.25) is 5.91 Å². The molecule has 0 saturated carbocycles. The molecule has 1 aromatic heterocycles. The number of sulfonamides is 1. The number of hydrogen-bond acceptors (Lipinski definition) is 9. The normalized spacial score (nSPS) is 16.9. The topological polar surface area (TPSA) is 120 Å². The van der Waals surface area contributed by atoms with E-state index in [1.807, 2.05) is 0 Å². The maximum Gasteiger partial charge on any atom is 0.308 e. The molecular weight excluding hydrogens is 460 g/mol. The van der Waals surface area contributed by atoms with Crippen LogP contribution in [0, 0.1) is 0 Å². The van der Waals surface area contributed by atoms with Crippen molar-refractivity contribution in [3.05, 3.63) is 41.8 Å². The first-order valence-electron chi connectivity index (χ1n) is 9.45. The Kier molecular flexibility index (Phi) is 7.41. The Morgan fingerprint density at radius 2 is 1.84 bits per heavy atom. The van der Waals surface area contributed by atoms with Crippen LogP contribution in [-0.2, 0) is 33.9 Å². The first kappa shape index (κ1) is 24.0. The quantitative estimate of drug-likeness (QED) is 0.229. The van der Waals surface area contributed by atoms with E-state index in [0.717, 1.165) is 20.5 Å². The highest BCUT2D eigenvalue weighted by Crippen LogP contribution is 2.31. The summed E-state index contributed by atoms with van der Waals surface area (Å²) in [7, 11) is -1.40. The lowest BCUT2D eigenvalue weighted by Crippen LogP contribution is -2.48. The van der Waals surface area contributed by atoms with Gasteiger partial charge in [0.05, 0.1) is 18.7 Å². The Morgan fingerprint density at radius 1 is 1.19 bits per heavy atom. The van der Waals surface area contributed by atoms with Crippen LogP contribution in [0.25, 0.3) is 0 Å². The van der Waals surface area contributed by atoms with Gasteiger partial charge in [-0.3, -0.25) is 14.4 Å². The fourth-order valence-corrected chi connectivity index (χ4v) is 5.94. The van der Waals surface area contributed by atoms with E-state index in [1.165, 1.54) is 51.5 Å². The van der Waals surface area contributed by atoms with Gasteiger partial charge in [-0.05, 0) is 35.7 Å². The van der Waals surface area contributed by atoms with Gasteiger partial charge in [-0.2, -0.15) is 4.31 Å². The Hall–Kier alpha value is -2.64. The summed E-state index contributed by atoms with van der Waals surface area (Å²) in [6.45, 7) is 0.970. The summed E-state index contributed by atoms with van der Waals surface area (Å²) in [5, 5.41) is 1.60. The maximum absolute atomic E-state index is 13.3. The van der Waals surface area contributed by atoms with E-state index in [2.05, 4.69) is 0 Å². The second kappa shape index (κ2) is 9.88. The third-order valence-electron chi connectivity index (χ3n) is 4.74. The molecule has 1 atom stereocenters. The number of thiophene rings is 1. The van der Waals surface area contributed by atoms with E-state index in [1.54, 1.807) is 11.4 Å². The second-order valence-corrected chi connectivity index (χ2v) is 9.85. The predicted octanol–water partition coefficient (Wildman–Crippen LogP) is 1.62. The van der Waals surface area contributed by atoms with Gasteiger partial charge in [-0.15, -0.1) is 11.3 Å². The summed E-state index contributed by atoms with van der Waals surface area (Å²) in [5.74, 6) is -1.51. The van der Waals surface area contributed by atoms with Crippen molar-refractivity contribution in [2.75, 3.05) is 25.7 Å². The molecule has 172 valence electrons. The van der Waals surface area contributed by atoms with Gasteiger partial charge in [0.1, 0.15) is 16.0 Å². The van der Waals surface area contributed by atoms with E-state index in [-0.39, 0.29) is 28.6 Å². The summed E-state index contributed by atoms with van der Waals surface area (Å²) in [5.41, 5.74) is 0.238. The van der Waals surface area contributed by atoms with Gasteiger partial charge in [0.25, 0.3) is 15.9 Å². The zero-order valence-corrected chi connectivity index (χ0v) is 19.2. The molecule has 0 radical (unpaired) electrons. The molecule has 0 aliphatic carbocycles. The molecule has 12 heteroatoms. The van der Waals surface area contributed by atoms with Gasteiger partial charge in [0.15, 0.2) is 6.29 Å². The Bertz CT molecular complexity index is 1080. The van der Waals surface area contributed by atoms with Crippen LogP contribution in [0.4, 0.5) is 5.69 Å². The number of amides is 2. The lowest BCUT2D eigenvalue weighted by molar-refractivity contribution is -0.132. The third kappa shape index (κ3) is 4.89. The smallest absolute Gasteiger partial charge is 0.308 e. The van der Waals surface area contributed by atoms with Crippen molar-refractivity contribution in [3.8, 4) is 5.75 Å². The van der Waals surface area contributed by atoms with E-state index in [9.17, 15) is 22.8 Å². The van der Waals surface area contributed by atoms with Crippen LogP contribution < -0.4 is 9.64 Å². The molecular formula is C20H22N2O8S2. The summed E-state index contributed by atoms with van der Waals surface area (Å²) < 4.78 is 42.8. The number of anilines is 1. The summed E-state index contributed by atoms with van der Waals surface area (Å²) >= 11 is 1.00. The minimum Gasteiger partial charge on any atom is -0.427 e. The number of ether oxygens (including phenoxy) is 3. The minimum atomic E-state index is -4.10. The van der Waals surface area contributed by atoms with Crippen molar-refractivity contribution in [2.45, 2.75) is 29.9 Å². The van der Waals surface area contributed by atoms with Crippen LogP contribution in [0.15, 0.2) is 46.0 Å². The van der Waals surface area contributed by atoms with Crippen LogP contribution in [0.5, 0.6) is 5.75 Å². The largest absolute Gasteiger partial charge is 0.427 e. The van der Waals surface area contributed by atoms with E-state index in [0.29, 0.717) is 0 Å². The van der Waals surface area contributed by atoms with Crippen LogP contribution in [0.1, 0.15) is 13.3 Å². The van der Waals surface area contributed by atoms with Crippen LogP contribution in [0.2, 0.25) is 0 Å². The van der Waals surface area contributed by atoms with Crippen LogP contribution >= 0.6 is 11.3 Å². The summed E-state index contributed by atoms with van der Waals surface area (Å²) in [4.78, 5) is 38.0. The highest BCUT2D eigenvalue weighted by atomic mass is 32.2. The number of benzene rings is 1. The minimum absolute atomic E-state index is 0.0351. The molecule has 2 aromatic rings. The van der Waals surface area contributed by atoms with E-state index >= 15 is 0 Å². The van der Waals surface area contributed by atoms with E-state index in [4.69, 9.17) is 14.2 Å². The van der Waals surface area contributed by atoms with Gasteiger partial charge < -0.3 is 14.2 Å². The molecule has 1 fully saturated rings. The SMILES string of the molecule is COC(CN(C1CC(=O)N(c2ccc(OC(C)=O)cc2)C1=O)S(=O)(=O)c1cccs1)OC. The third-order valence-corrected chi connectivity index (χ3v) is 7.99. The van der Waals surface area contributed by atoms with Crippen molar-refractivity contribution >= 4 is 44.8 Å². The molecule has 3 rings (SSSR count). The zero-order chi connectivity index (χ0) is 23.5. The molecule has 32 heavy (non-hydrogen) atoms. The number of imide groups is 1. The van der Waals surface area contributed by atoms with Gasteiger partial charge in [-0.1, -0.05) is 6.07 Å². The van der Waals surface area contributed by atoms with Gasteiger partial charge in [0, 0.05) is 21.1 Å². The monoisotopic (exact) mass is 482 g/mol. The van der Waals surface area contributed by atoms with Crippen molar-refractivity contribution in [3.63, 3.8) is 0 Å². The molecule has 1 saturated heterocycles. The number of carbonyl (C=O) groups is 3. The molecule has 0 spiro atoms. The summed E-state index contributed by atoms with van der Waals surface area (Å²) in [6, 6.07) is 7.51. The van der Waals surface area contributed by atoms with Gasteiger partial charge in [-0.25, -0.2) is 13.3 Å². The average molecular weight is 483 g/mol. The second-order valence-electron chi connectivity index (χ2n) is 6.78. The molecule has 0 N–H and O–H groups in total. The molecule has 1 aromatic carbocycles. The zero-order valence-electron chi connectivity index (χ0n) is 17.6. The van der Waals surface area contributed by atoms with E-state index < -0.39 is 40.1 Å². The first-order valence-corrected chi connectivity index (χ1v) is 11.8. The molecule has 10 nitrogen and oxygen atoms in total. The van der Waals surface area contributed by atoms with Crippen molar-refractivity contribution in [2.24, 2.45) is 0 Å². The molecule has 1 aliphatic rings. The average Bonchev–Trinajstić information content (AvgIpc) is 3.38. The molecule has 1 unspecified atom stereocenters. The molecule has 0 bridgehead atoms. The number of methoxy groups -OCH3 is 2. The summed E-state index contributed by atoms with van der Waals surface area (Å²) in [6.07, 6.45) is -1.28. The Balaban J connectivity index is 1.93. The Morgan fingerprint density at radius 3 is 2.38 bits per heavy atom. The highest BCUT2D eigenvalue weighted by Gasteiger charge is 2.47. The van der Waals surface area contributed by atoms with Crippen molar-refractivity contribution < 1.29 is 37.0 Å². The lowest BCUT2D eigenvalue weighted by Gasteiger charge is -2.28. The van der Waals surface area contributed by atoms with Crippen molar-refractivity contribution in [1.82, 2.24) is 4.31 Å². The van der Waals surface area contributed by atoms with Gasteiger partial charge >= 0.3 is 5.97 Å². The first-order chi connectivity index (χ1) is 15.2. The standard InChI is InChI=1S/C20H22N2O8S2/c1-13(23)30-15-8-6-14(7-9-15)22-17(24)11-16(20(22)25)21(12-18(28-2)29-3)32(26,27)19-5-4-10-31-19/h4-10,16,18H,11-12H2,1-3H3. The maximum atomic E-state index is 13.3. The highest BCUT2D eigenvalue weighted by molar-refractivity contribution is 7.91. The molecule has 1 aliphatic heterocycles. The number of carbonyl (C=O) groups excluding carboxylic acids is 3.